The topological polar surface area (TPSA) is 41.6 Å². The van der Waals surface area contributed by atoms with Gasteiger partial charge in [-0.1, -0.05) is 6.42 Å². The molecule has 4 nitrogen and oxygen atoms in total. The molecule has 0 heterocycles. The Balaban J connectivity index is 2.51. The van der Waals surface area contributed by atoms with Crippen LogP contribution < -0.4 is 5.32 Å². The molecule has 1 aliphatic carbocycles. The third-order valence-corrected chi connectivity index (χ3v) is 4.45. The molecule has 0 aromatic carbocycles. The molecule has 0 aliphatic heterocycles. The maximum Gasteiger partial charge on any atom is 0.390 e. The van der Waals surface area contributed by atoms with Crippen molar-refractivity contribution in [2.75, 3.05) is 34.3 Å². The zero-order valence-corrected chi connectivity index (χ0v) is 12.9. The molecule has 7 heteroatoms. The fraction of sp³-hybridized carbons (Fsp3) is 0.929. The third kappa shape index (κ3) is 4.85. The Bertz CT molecular complexity index is 350. The second-order valence-electron chi connectivity index (χ2n) is 5.76. The van der Waals surface area contributed by atoms with Crippen LogP contribution in [-0.4, -0.2) is 56.9 Å². The number of carbonyl (C=O) groups excluding carboxylic acids is 1. The highest BCUT2D eigenvalue weighted by Gasteiger charge is 2.48. The molecule has 0 amide bonds. The molecule has 0 saturated heterocycles. The molecule has 2 unspecified atom stereocenters. The zero-order chi connectivity index (χ0) is 16.1. The Kier molecular flexibility index (Phi) is 6.46. The van der Waals surface area contributed by atoms with Crippen molar-refractivity contribution in [3.8, 4) is 0 Å². The highest BCUT2D eigenvalue weighted by atomic mass is 19.4. The van der Waals surface area contributed by atoms with E-state index in [1.807, 2.05) is 0 Å². The van der Waals surface area contributed by atoms with Crippen molar-refractivity contribution in [2.24, 2.45) is 5.92 Å². The summed E-state index contributed by atoms with van der Waals surface area (Å²) in [7, 11) is 4.79. The lowest BCUT2D eigenvalue weighted by Gasteiger charge is -2.33. The summed E-state index contributed by atoms with van der Waals surface area (Å²) in [6.07, 6.45) is -1.71. The highest BCUT2D eigenvalue weighted by Crippen LogP contribution is 2.38. The van der Waals surface area contributed by atoms with E-state index >= 15 is 0 Å². The van der Waals surface area contributed by atoms with Crippen LogP contribution in [0.15, 0.2) is 0 Å². The first-order valence-electron chi connectivity index (χ1n) is 7.28. The minimum atomic E-state index is -4.12. The summed E-state index contributed by atoms with van der Waals surface area (Å²) in [6.45, 7) is 0.530. The van der Waals surface area contributed by atoms with Gasteiger partial charge in [-0.15, -0.1) is 0 Å². The van der Waals surface area contributed by atoms with E-state index in [1.54, 1.807) is 19.0 Å². The van der Waals surface area contributed by atoms with Crippen molar-refractivity contribution in [3.63, 3.8) is 0 Å². The number of carbonyl (C=O) groups is 1. The Morgan fingerprint density at radius 3 is 2.62 bits per heavy atom. The van der Waals surface area contributed by atoms with Gasteiger partial charge in [0.2, 0.25) is 0 Å². The molecule has 21 heavy (non-hydrogen) atoms. The maximum atomic E-state index is 12.2. The number of methoxy groups -OCH3 is 1. The lowest BCUT2D eigenvalue weighted by atomic mass is 9.84. The summed E-state index contributed by atoms with van der Waals surface area (Å²) in [6, 6.07) is 0. The van der Waals surface area contributed by atoms with E-state index in [0.717, 1.165) is 12.8 Å². The van der Waals surface area contributed by atoms with Gasteiger partial charge in [0.15, 0.2) is 0 Å². The molecule has 1 aliphatic rings. The molecule has 124 valence electrons. The van der Waals surface area contributed by atoms with Gasteiger partial charge >= 0.3 is 12.1 Å². The molecule has 0 radical (unpaired) electrons. The molecule has 1 N–H and O–H groups in total. The van der Waals surface area contributed by atoms with Crippen LogP contribution in [0.2, 0.25) is 0 Å². The number of nitrogens with zero attached hydrogens (tertiary/aromatic N) is 1. The lowest BCUT2D eigenvalue weighted by molar-refractivity contribution is -0.150. The van der Waals surface area contributed by atoms with Crippen LogP contribution in [0.3, 0.4) is 0 Å². The molecule has 0 aromatic heterocycles. The zero-order valence-electron chi connectivity index (χ0n) is 12.9. The van der Waals surface area contributed by atoms with Gasteiger partial charge in [0.05, 0.1) is 13.5 Å². The van der Waals surface area contributed by atoms with Crippen molar-refractivity contribution in [1.82, 2.24) is 10.2 Å². The molecule has 1 rings (SSSR count). The first-order valence-corrected chi connectivity index (χ1v) is 7.28. The van der Waals surface area contributed by atoms with E-state index in [4.69, 9.17) is 4.74 Å². The summed E-state index contributed by atoms with van der Waals surface area (Å²) in [5.41, 5.74) is -0.681. The Morgan fingerprint density at radius 1 is 1.43 bits per heavy atom. The number of hydrogen-bond acceptors (Lipinski definition) is 4. The van der Waals surface area contributed by atoms with Gasteiger partial charge in [-0.2, -0.15) is 13.2 Å². The SMILES string of the molecule is CNC1(C(=O)OC)CCCC1CCN(C)CCC(F)(F)F. The third-order valence-electron chi connectivity index (χ3n) is 4.45. The smallest absolute Gasteiger partial charge is 0.390 e. The largest absolute Gasteiger partial charge is 0.468 e. The number of ether oxygens (including phenoxy) is 1. The minimum absolute atomic E-state index is 0.0129. The van der Waals surface area contributed by atoms with Crippen molar-refractivity contribution in [2.45, 2.75) is 43.8 Å². The Hall–Kier alpha value is -0.820. The van der Waals surface area contributed by atoms with E-state index in [2.05, 4.69) is 5.32 Å². The fourth-order valence-electron chi connectivity index (χ4n) is 3.16. The summed E-state index contributed by atoms with van der Waals surface area (Å²) in [5.74, 6) is -0.172. The molecular weight excluding hydrogens is 285 g/mol. The monoisotopic (exact) mass is 310 g/mol. The molecule has 0 spiro atoms. The van der Waals surface area contributed by atoms with Gasteiger partial charge in [-0.3, -0.25) is 4.79 Å². The molecule has 1 fully saturated rings. The molecule has 1 saturated carbocycles. The molecule has 2 atom stereocenters. The predicted octanol–water partition coefficient (Wildman–Crippen LogP) is 2.19. The van der Waals surface area contributed by atoms with E-state index in [0.29, 0.717) is 19.4 Å². The first kappa shape index (κ1) is 18.2. The molecule has 0 aromatic rings. The number of nitrogens with one attached hydrogen (secondary N) is 1. The van der Waals surface area contributed by atoms with Crippen molar-refractivity contribution >= 4 is 5.97 Å². The van der Waals surface area contributed by atoms with Gasteiger partial charge in [0, 0.05) is 6.54 Å². The van der Waals surface area contributed by atoms with Gasteiger partial charge in [-0.25, -0.2) is 0 Å². The van der Waals surface area contributed by atoms with Crippen LogP contribution in [0.1, 0.15) is 32.1 Å². The predicted molar refractivity (Wildman–Crippen MR) is 73.9 cm³/mol. The number of rotatable bonds is 7. The van der Waals surface area contributed by atoms with E-state index in [-0.39, 0.29) is 18.4 Å². The number of likely N-dealkylation sites (N-methyl/N-ethyl adjacent to an activating group) is 1. The first-order chi connectivity index (χ1) is 9.75. The number of halogens is 3. The van der Waals surface area contributed by atoms with Crippen molar-refractivity contribution in [3.05, 3.63) is 0 Å². The van der Waals surface area contributed by atoms with Crippen LogP contribution in [-0.2, 0) is 9.53 Å². The summed E-state index contributed by atoms with van der Waals surface area (Å²) < 4.78 is 41.5. The van der Waals surface area contributed by atoms with Gasteiger partial charge < -0.3 is 15.0 Å². The van der Waals surface area contributed by atoms with Crippen LogP contribution in [0.4, 0.5) is 13.2 Å². The van der Waals surface area contributed by atoms with Crippen molar-refractivity contribution in [1.29, 1.82) is 0 Å². The molecular formula is C14H25F3N2O2. The summed E-state index contributed by atoms with van der Waals surface area (Å²) in [4.78, 5) is 13.7. The summed E-state index contributed by atoms with van der Waals surface area (Å²) >= 11 is 0. The summed E-state index contributed by atoms with van der Waals surface area (Å²) in [5, 5.41) is 3.09. The van der Waals surface area contributed by atoms with Gasteiger partial charge in [0.1, 0.15) is 5.54 Å². The number of alkyl halides is 3. The van der Waals surface area contributed by atoms with Crippen LogP contribution in [0.25, 0.3) is 0 Å². The standard InChI is InChI=1S/C14H25F3N2O2/c1-18-13(12(20)21-3)7-4-5-11(13)6-9-19(2)10-8-14(15,16)17/h11,18H,4-10H2,1-3H3. The lowest BCUT2D eigenvalue weighted by Crippen LogP contribution is -2.54. The molecule has 0 bridgehead atoms. The van der Waals surface area contributed by atoms with E-state index < -0.39 is 18.1 Å². The van der Waals surface area contributed by atoms with Gasteiger partial charge in [-0.05, 0) is 45.8 Å². The Labute approximate surface area is 124 Å². The fourth-order valence-corrected chi connectivity index (χ4v) is 3.16. The maximum absolute atomic E-state index is 12.2. The average Bonchev–Trinajstić information content (AvgIpc) is 2.85. The van der Waals surface area contributed by atoms with E-state index in [1.165, 1.54) is 7.11 Å². The van der Waals surface area contributed by atoms with Crippen molar-refractivity contribution < 1.29 is 22.7 Å². The highest BCUT2D eigenvalue weighted by molar-refractivity contribution is 5.81. The quantitative estimate of drug-likeness (QED) is 0.732. The van der Waals surface area contributed by atoms with Crippen LogP contribution in [0, 0.1) is 5.92 Å². The number of esters is 1. The van der Waals surface area contributed by atoms with Crippen LogP contribution >= 0.6 is 0 Å². The minimum Gasteiger partial charge on any atom is -0.468 e. The number of hydrogen-bond donors (Lipinski definition) is 1. The van der Waals surface area contributed by atoms with Crippen LogP contribution in [0.5, 0.6) is 0 Å². The Morgan fingerprint density at radius 2 is 2.10 bits per heavy atom. The normalized spacial score (nSPS) is 26.3. The average molecular weight is 310 g/mol. The van der Waals surface area contributed by atoms with E-state index in [9.17, 15) is 18.0 Å². The second-order valence-corrected chi connectivity index (χ2v) is 5.76. The van der Waals surface area contributed by atoms with Gasteiger partial charge in [0.25, 0.3) is 0 Å². The second kappa shape index (κ2) is 7.45.